The largest absolute Gasteiger partial charge is 0.467 e. The van der Waals surface area contributed by atoms with E-state index in [9.17, 15) is 18.4 Å². The van der Waals surface area contributed by atoms with Crippen LogP contribution in [0.25, 0.3) is 0 Å². The maximum Gasteiger partial charge on any atom is 0.331 e. The molecule has 2 aromatic rings. The molecule has 0 saturated heterocycles. The molecule has 8 heteroatoms. The molecule has 5 nitrogen and oxygen atoms in total. The Morgan fingerprint density at radius 2 is 1.82 bits per heavy atom. The van der Waals surface area contributed by atoms with Gasteiger partial charge in [0, 0.05) is 16.7 Å². The quantitative estimate of drug-likeness (QED) is 0.774. The molecule has 28 heavy (non-hydrogen) atoms. The van der Waals surface area contributed by atoms with Crippen molar-refractivity contribution in [3.63, 3.8) is 0 Å². The van der Waals surface area contributed by atoms with Crippen LogP contribution in [0.1, 0.15) is 12.5 Å². The second kappa shape index (κ2) is 8.10. The van der Waals surface area contributed by atoms with Crippen molar-refractivity contribution in [3.05, 3.63) is 65.7 Å². The lowest BCUT2D eigenvalue weighted by atomic mass is 10.1. The van der Waals surface area contributed by atoms with E-state index >= 15 is 0 Å². The topological polar surface area (TPSA) is 67.8 Å². The lowest BCUT2D eigenvalue weighted by Gasteiger charge is -2.37. The number of amides is 1. The Hall–Kier alpha value is -2.74. The number of esters is 1. The third-order valence-electron chi connectivity index (χ3n) is 4.44. The number of benzene rings is 2. The third-order valence-corrected chi connectivity index (χ3v) is 8.03. The van der Waals surface area contributed by atoms with Gasteiger partial charge in [0.05, 0.1) is 18.6 Å². The first-order valence-corrected chi connectivity index (χ1v) is 10.4. The van der Waals surface area contributed by atoms with Gasteiger partial charge in [-0.15, -0.1) is 0 Å². The number of carbonyl (C=O) groups excluding carboxylic acids is 2. The van der Waals surface area contributed by atoms with Gasteiger partial charge in [0.1, 0.15) is 11.6 Å². The van der Waals surface area contributed by atoms with Crippen molar-refractivity contribution in [1.29, 1.82) is 0 Å². The highest BCUT2D eigenvalue weighted by molar-refractivity contribution is 8.44. The van der Waals surface area contributed by atoms with Crippen LogP contribution in [0.15, 0.2) is 58.4 Å². The number of rotatable bonds is 5. The van der Waals surface area contributed by atoms with E-state index in [4.69, 9.17) is 4.74 Å². The van der Waals surface area contributed by atoms with Crippen molar-refractivity contribution in [3.8, 4) is 0 Å². The van der Waals surface area contributed by atoms with Crippen LogP contribution in [-0.2, 0) is 20.7 Å². The normalized spacial score (nSPS) is 23.4. The van der Waals surface area contributed by atoms with Crippen LogP contribution >= 0.6 is 10.2 Å². The monoisotopic (exact) mass is 406 g/mol. The third kappa shape index (κ3) is 4.06. The molecule has 0 radical (unpaired) electrons. The molecule has 1 heterocycles. The second-order valence-corrected chi connectivity index (χ2v) is 9.46. The molecule has 2 atom stereocenters. The van der Waals surface area contributed by atoms with Gasteiger partial charge < -0.3 is 9.46 Å². The number of halogens is 2. The number of hydrogen-bond donors (Lipinski definition) is 1. The van der Waals surface area contributed by atoms with Crippen LogP contribution in [-0.4, -0.2) is 35.8 Å². The SMILES string of the molecule is COC(=O)[C@H]1CS(NC(=O)Cc2cc(F)cc(F)c2)(c2ccccc2)C(C)=N1. The van der Waals surface area contributed by atoms with E-state index in [1.807, 2.05) is 30.3 Å². The zero-order valence-electron chi connectivity index (χ0n) is 15.4. The minimum absolute atomic E-state index is 0.188. The Kier molecular flexibility index (Phi) is 5.79. The van der Waals surface area contributed by atoms with Crippen LogP contribution in [0, 0.1) is 11.6 Å². The average molecular weight is 406 g/mol. The van der Waals surface area contributed by atoms with Crippen LogP contribution in [0.5, 0.6) is 0 Å². The Balaban J connectivity index is 1.90. The first-order valence-electron chi connectivity index (χ1n) is 8.58. The summed E-state index contributed by atoms with van der Waals surface area (Å²) in [6, 6.07) is 11.6. The summed E-state index contributed by atoms with van der Waals surface area (Å²) in [6.07, 6.45) is -0.188. The summed E-state index contributed by atoms with van der Waals surface area (Å²) in [6.45, 7) is 1.77. The summed E-state index contributed by atoms with van der Waals surface area (Å²) >= 11 is 0. The number of nitrogens with zero attached hydrogens (tertiary/aromatic N) is 1. The fourth-order valence-electron chi connectivity index (χ4n) is 3.18. The molecule has 0 aromatic heterocycles. The van der Waals surface area contributed by atoms with Crippen molar-refractivity contribution < 1.29 is 23.1 Å². The van der Waals surface area contributed by atoms with Crippen LogP contribution in [0.3, 0.4) is 0 Å². The molecule has 0 spiro atoms. The molecule has 1 unspecified atom stereocenters. The van der Waals surface area contributed by atoms with Gasteiger partial charge in [-0.2, -0.15) is 0 Å². The standard InChI is InChI=1S/C20H20F2N2O3S/c1-13-23-18(20(26)27-2)12-28(13,17-6-4-3-5-7-17)24-19(25)10-14-8-15(21)11-16(22)9-14/h3-9,11,18H,10,12H2,1-2H3,(H,24,25)/t18-/m1/s1. The van der Waals surface area contributed by atoms with Crippen molar-refractivity contribution >= 4 is 27.1 Å². The van der Waals surface area contributed by atoms with Gasteiger partial charge in [-0.05, 0) is 36.8 Å². The fourth-order valence-corrected chi connectivity index (χ4v) is 6.38. The van der Waals surface area contributed by atoms with Crippen molar-refractivity contribution in [1.82, 2.24) is 4.72 Å². The number of ether oxygens (including phenoxy) is 1. The predicted molar refractivity (Wildman–Crippen MR) is 104 cm³/mol. The molecule has 3 rings (SSSR count). The summed E-state index contributed by atoms with van der Waals surface area (Å²) in [5.74, 6) is -2.05. The van der Waals surface area contributed by atoms with Gasteiger partial charge in [0.2, 0.25) is 5.91 Å². The molecule has 148 valence electrons. The summed E-state index contributed by atoms with van der Waals surface area (Å²) in [5.41, 5.74) is 0.231. The van der Waals surface area contributed by atoms with Gasteiger partial charge >= 0.3 is 5.97 Å². The predicted octanol–water partition coefficient (Wildman–Crippen LogP) is 3.38. The average Bonchev–Trinajstić information content (AvgIpc) is 2.98. The summed E-state index contributed by atoms with van der Waals surface area (Å²) < 4.78 is 34.7. The maximum atomic E-state index is 13.4. The van der Waals surface area contributed by atoms with Crippen LogP contribution in [0.2, 0.25) is 0 Å². The highest BCUT2D eigenvalue weighted by atomic mass is 32.3. The van der Waals surface area contributed by atoms with E-state index in [2.05, 4.69) is 9.71 Å². The minimum Gasteiger partial charge on any atom is -0.467 e. The molecule has 1 amide bonds. The number of methoxy groups -OCH3 is 1. The Bertz CT molecular complexity index is 916. The van der Waals surface area contributed by atoms with E-state index in [1.165, 1.54) is 7.11 Å². The van der Waals surface area contributed by atoms with E-state index in [0.29, 0.717) is 10.8 Å². The first-order chi connectivity index (χ1) is 13.3. The number of aliphatic imine (C=N–C) groups is 1. The molecule has 0 fully saturated rings. The number of nitrogens with one attached hydrogen (secondary N) is 1. The van der Waals surface area contributed by atoms with Crippen LogP contribution in [0.4, 0.5) is 8.78 Å². The number of carbonyl (C=O) groups is 2. The Morgan fingerprint density at radius 1 is 1.18 bits per heavy atom. The lowest BCUT2D eigenvalue weighted by molar-refractivity contribution is -0.141. The molecular weight excluding hydrogens is 386 g/mol. The van der Waals surface area contributed by atoms with Crippen molar-refractivity contribution in [2.45, 2.75) is 24.3 Å². The number of hydrogen-bond acceptors (Lipinski definition) is 4. The maximum absolute atomic E-state index is 13.4. The molecule has 0 bridgehead atoms. The van der Waals surface area contributed by atoms with Crippen molar-refractivity contribution in [2.75, 3.05) is 12.9 Å². The molecule has 0 saturated carbocycles. The van der Waals surface area contributed by atoms with Gasteiger partial charge in [0.15, 0.2) is 6.04 Å². The van der Waals surface area contributed by atoms with E-state index < -0.39 is 39.8 Å². The van der Waals surface area contributed by atoms with Gasteiger partial charge in [-0.3, -0.25) is 9.79 Å². The fraction of sp³-hybridized carbons (Fsp3) is 0.250. The molecule has 1 N–H and O–H groups in total. The Labute approximate surface area is 163 Å². The van der Waals surface area contributed by atoms with Crippen molar-refractivity contribution in [2.24, 2.45) is 4.99 Å². The minimum atomic E-state index is -2.10. The smallest absolute Gasteiger partial charge is 0.331 e. The highest BCUT2D eigenvalue weighted by Crippen LogP contribution is 2.57. The van der Waals surface area contributed by atoms with Gasteiger partial charge in [-0.1, -0.05) is 28.4 Å². The summed E-state index contributed by atoms with van der Waals surface area (Å²) in [4.78, 5) is 30.0. The molecule has 1 aliphatic heterocycles. The molecule has 1 aliphatic rings. The lowest BCUT2D eigenvalue weighted by Crippen LogP contribution is -2.35. The molecule has 0 aliphatic carbocycles. The van der Waals surface area contributed by atoms with Crippen LogP contribution < -0.4 is 4.72 Å². The second-order valence-electron chi connectivity index (χ2n) is 6.39. The van der Waals surface area contributed by atoms with E-state index in [1.54, 1.807) is 6.92 Å². The zero-order chi connectivity index (χ0) is 20.3. The van der Waals surface area contributed by atoms with E-state index in [0.717, 1.165) is 23.1 Å². The van der Waals surface area contributed by atoms with Gasteiger partial charge in [0.25, 0.3) is 0 Å². The highest BCUT2D eigenvalue weighted by Gasteiger charge is 2.42. The Morgan fingerprint density at radius 3 is 2.43 bits per heavy atom. The van der Waals surface area contributed by atoms with Gasteiger partial charge in [-0.25, -0.2) is 13.6 Å². The first kappa shape index (κ1) is 20.0. The summed E-state index contributed by atoms with van der Waals surface area (Å²) in [5, 5.41) is 0.646. The van der Waals surface area contributed by atoms with E-state index in [-0.39, 0.29) is 12.0 Å². The summed E-state index contributed by atoms with van der Waals surface area (Å²) in [7, 11) is -0.807. The zero-order valence-corrected chi connectivity index (χ0v) is 16.3. The molecular formula is C20H20F2N2O3S. The molecule has 2 aromatic carbocycles.